The van der Waals surface area contributed by atoms with Crippen molar-refractivity contribution in [3.8, 4) is 11.8 Å². The summed E-state index contributed by atoms with van der Waals surface area (Å²) in [5.41, 5.74) is 3.85. The van der Waals surface area contributed by atoms with Crippen LogP contribution in [-0.2, 0) is 51.4 Å². The molecule has 5 rings (SSSR count). The van der Waals surface area contributed by atoms with Crippen LogP contribution in [0.4, 0.5) is 5.69 Å². The molecule has 0 radical (unpaired) electrons. The number of imide groups is 1. The maximum absolute atomic E-state index is 13.4. The van der Waals surface area contributed by atoms with Crippen molar-refractivity contribution in [2.45, 2.75) is 57.9 Å². The van der Waals surface area contributed by atoms with Gasteiger partial charge in [-0.1, -0.05) is 72.5 Å². The zero-order valence-electron chi connectivity index (χ0n) is 26.8. The summed E-state index contributed by atoms with van der Waals surface area (Å²) in [4.78, 5) is 94.9. The van der Waals surface area contributed by atoms with Crippen LogP contribution in [0.1, 0.15) is 67.2 Å². The number of Topliss-reactive ketones (excluding diaryl/α,β-unsaturated/α-hetero) is 2. The van der Waals surface area contributed by atoms with Crippen molar-refractivity contribution >= 4 is 46.9 Å². The van der Waals surface area contributed by atoms with Crippen molar-refractivity contribution in [1.82, 2.24) is 10.4 Å². The number of benzene rings is 3. The number of rotatable bonds is 14. The van der Waals surface area contributed by atoms with E-state index in [1.54, 1.807) is 35.2 Å². The first kappa shape index (κ1) is 34.4. The van der Waals surface area contributed by atoms with E-state index in [4.69, 9.17) is 4.84 Å². The standard InChI is InChI=1S/C38H35N3O8/c42-31(17-19-35(45)40-25-29-12-5-4-10-27(29)14-15-28-11-6-7-13-33(28)40)16-18-34(44)39-24-32(43)23-30(22-26-8-2-1-3-9-26)38(48)49-41-36(46)20-21-37(41)47/h1-13,30H,16-25H2,(H,39,44)/t30-/m1/s1. The van der Waals surface area contributed by atoms with E-state index in [-0.39, 0.29) is 69.6 Å². The number of nitrogens with one attached hydrogen (secondary N) is 1. The minimum Gasteiger partial charge on any atom is -0.349 e. The smallest absolute Gasteiger partial charge is 0.337 e. The average Bonchev–Trinajstić information content (AvgIpc) is 3.42. The first-order chi connectivity index (χ1) is 23.7. The number of ketones is 2. The lowest BCUT2D eigenvalue weighted by Crippen LogP contribution is -2.37. The first-order valence-corrected chi connectivity index (χ1v) is 16.1. The minimum absolute atomic E-state index is 0.0452. The Hall–Kier alpha value is -5.89. The summed E-state index contributed by atoms with van der Waals surface area (Å²) in [5.74, 6) is 1.64. The van der Waals surface area contributed by atoms with Crippen LogP contribution in [-0.4, -0.2) is 52.8 Å². The third-order valence-electron chi connectivity index (χ3n) is 8.22. The van der Waals surface area contributed by atoms with E-state index in [0.717, 1.165) is 16.7 Å². The molecule has 3 aromatic carbocycles. The fourth-order valence-electron chi connectivity index (χ4n) is 5.56. The van der Waals surface area contributed by atoms with Crippen LogP contribution in [0.5, 0.6) is 0 Å². The van der Waals surface area contributed by atoms with Gasteiger partial charge >= 0.3 is 5.97 Å². The van der Waals surface area contributed by atoms with Crippen molar-refractivity contribution in [3.63, 3.8) is 0 Å². The molecule has 49 heavy (non-hydrogen) atoms. The van der Waals surface area contributed by atoms with Crippen molar-refractivity contribution in [2.24, 2.45) is 5.92 Å². The number of fused-ring (bicyclic) bond motifs is 2. The second-order valence-corrected chi connectivity index (χ2v) is 11.8. The van der Waals surface area contributed by atoms with E-state index in [2.05, 4.69) is 17.2 Å². The lowest BCUT2D eigenvalue weighted by molar-refractivity contribution is -0.200. The van der Waals surface area contributed by atoms with Gasteiger partial charge in [-0.05, 0) is 35.7 Å². The number of hydrogen-bond acceptors (Lipinski definition) is 8. The van der Waals surface area contributed by atoms with Crippen LogP contribution in [0, 0.1) is 17.8 Å². The highest BCUT2D eigenvalue weighted by Crippen LogP contribution is 2.26. The molecule has 2 heterocycles. The summed E-state index contributed by atoms with van der Waals surface area (Å²) in [5, 5.41) is 2.93. The molecular formula is C38H35N3O8. The molecule has 11 nitrogen and oxygen atoms in total. The Kier molecular flexibility index (Phi) is 11.4. The van der Waals surface area contributed by atoms with Crippen LogP contribution >= 0.6 is 0 Å². The van der Waals surface area contributed by atoms with Gasteiger partial charge in [0, 0.05) is 56.1 Å². The maximum atomic E-state index is 13.4. The number of carbonyl (C=O) groups excluding carboxylic acids is 7. The molecule has 1 saturated heterocycles. The summed E-state index contributed by atoms with van der Waals surface area (Å²) in [7, 11) is 0. The van der Waals surface area contributed by atoms with Crippen LogP contribution in [0.15, 0.2) is 78.9 Å². The second-order valence-electron chi connectivity index (χ2n) is 11.8. The van der Waals surface area contributed by atoms with Gasteiger partial charge in [0.05, 0.1) is 24.7 Å². The molecule has 2 aliphatic rings. The summed E-state index contributed by atoms with van der Waals surface area (Å²) < 4.78 is 0. The Morgan fingerprint density at radius 2 is 1.37 bits per heavy atom. The minimum atomic E-state index is -1.01. The van der Waals surface area contributed by atoms with Gasteiger partial charge in [-0.25, -0.2) is 4.79 Å². The topological polar surface area (TPSA) is 147 Å². The summed E-state index contributed by atoms with van der Waals surface area (Å²) in [6, 6.07) is 23.8. The highest BCUT2D eigenvalue weighted by atomic mass is 16.7. The zero-order chi connectivity index (χ0) is 34.8. The molecule has 1 N–H and O–H groups in total. The molecule has 1 atom stereocenters. The van der Waals surface area contributed by atoms with E-state index in [0.29, 0.717) is 22.9 Å². The predicted octanol–water partition coefficient (Wildman–Crippen LogP) is 3.60. The Morgan fingerprint density at radius 3 is 2.12 bits per heavy atom. The van der Waals surface area contributed by atoms with Crippen LogP contribution in [0.25, 0.3) is 0 Å². The van der Waals surface area contributed by atoms with Crippen molar-refractivity contribution in [1.29, 1.82) is 0 Å². The third-order valence-corrected chi connectivity index (χ3v) is 8.22. The number of hydrogen-bond donors (Lipinski definition) is 1. The number of carbonyl (C=O) groups is 7. The first-order valence-electron chi connectivity index (χ1n) is 16.1. The monoisotopic (exact) mass is 661 g/mol. The van der Waals surface area contributed by atoms with E-state index in [1.807, 2.05) is 48.5 Å². The van der Waals surface area contributed by atoms with Gasteiger partial charge in [-0.3, -0.25) is 28.8 Å². The molecule has 11 heteroatoms. The van der Waals surface area contributed by atoms with Gasteiger partial charge in [-0.2, -0.15) is 0 Å². The molecule has 4 amide bonds. The van der Waals surface area contributed by atoms with Crippen molar-refractivity contribution in [2.75, 3.05) is 11.4 Å². The lowest BCUT2D eigenvalue weighted by atomic mass is 9.94. The number of nitrogens with zero attached hydrogens (tertiary/aromatic N) is 2. The molecule has 3 aromatic rings. The maximum Gasteiger partial charge on any atom is 0.337 e. The third kappa shape index (κ3) is 9.35. The summed E-state index contributed by atoms with van der Waals surface area (Å²) in [6.07, 6.45) is -0.692. The lowest BCUT2D eigenvalue weighted by Gasteiger charge is -2.26. The molecule has 0 saturated carbocycles. The second kappa shape index (κ2) is 16.3. The Balaban J connectivity index is 1.09. The molecule has 0 aliphatic carbocycles. The molecule has 0 bridgehead atoms. The van der Waals surface area contributed by atoms with Crippen LogP contribution in [0.2, 0.25) is 0 Å². The van der Waals surface area contributed by atoms with E-state index in [9.17, 15) is 33.6 Å². The van der Waals surface area contributed by atoms with Crippen LogP contribution < -0.4 is 10.2 Å². The number of anilines is 1. The molecule has 0 unspecified atom stereocenters. The fraction of sp³-hybridized carbons (Fsp3) is 0.289. The molecule has 0 spiro atoms. The van der Waals surface area contributed by atoms with E-state index < -0.39 is 35.4 Å². The largest absolute Gasteiger partial charge is 0.349 e. The normalized spacial score (nSPS) is 14.0. The molecule has 2 aliphatic heterocycles. The molecule has 0 aromatic heterocycles. The van der Waals surface area contributed by atoms with E-state index in [1.165, 1.54) is 0 Å². The van der Waals surface area contributed by atoms with Gasteiger partial charge in [0.1, 0.15) is 5.78 Å². The van der Waals surface area contributed by atoms with Gasteiger partial charge < -0.3 is 15.1 Å². The van der Waals surface area contributed by atoms with Gasteiger partial charge in [0.15, 0.2) is 5.78 Å². The van der Waals surface area contributed by atoms with Crippen molar-refractivity contribution < 1.29 is 38.4 Å². The number of hydroxylamine groups is 2. The van der Waals surface area contributed by atoms with Crippen LogP contribution in [0.3, 0.4) is 0 Å². The van der Waals surface area contributed by atoms with Gasteiger partial charge in [-0.15, -0.1) is 5.06 Å². The Labute approximate surface area is 283 Å². The average molecular weight is 662 g/mol. The highest BCUT2D eigenvalue weighted by molar-refractivity contribution is 6.02. The SMILES string of the molecule is O=C(CCC(=O)NCC(=O)C[C@@H](Cc1ccccc1)C(=O)ON1C(=O)CCC1=O)CCC(=O)N1Cc2ccccc2C#Cc2ccccc21. The Morgan fingerprint density at radius 1 is 0.735 bits per heavy atom. The predicted molar refractivity (Wildman–Crippen MR) is 177 cm³/mol. The zero-order valence-corrected chi connectivity index (χ0v) is 26.8. The Bertz CT molecular complexity index is 1830. The molecule has 1 fully saturated rings. The fourth-order valence-corrected chi connectivity index (χ4v) is 5.56. The summed E-state index contributed by atoms with van der Waals surface area (Å²) in [6.45, 7) is -0.0753. The molecule has 250 valence electrons. The van der Waals surface area contributed by atoms with E-state index >= 15 is 0 Å². The molecular weight excluding hydrogens is 626 g/mol. The highest BCUT2D eigenvalue weighted by Gasteiger charge is 2.35. The van der Waals surface area contributed by atoms with Gasteiger partial charge in [0.2, 0.25) is 11.8 Å². The number of para-hydroxylation sites is 1. The van der Waals surface area contributed by atoms with Crippen molar-refractivity contribution in [3.05, 3.63) is 101 Å². The number of amides is 4. The van der Waals surface area contributed by atoms with Gasteiger partial charge in [0.25, 0.3) is 11.8 Å². The summed E-state index contributed by atoms with van der Waals surface area (Å²) >= 11 is 0. The quantitative estimate of drug-likeness (QED) is 0.204.